The van der Waals surface area contributed by atoms with Crippen LogP contribution >= 0.6 is 11.6 Å². The zero-order valence-corrected chi connectivity index (χ0v) is 12.7. The summed E-state index contributed by atoms with van der Waals surface area (Å²) in [6.07, 6.45) is 0. The molecule has 0 saturated carbocycles. The molecule has 0 aliphatic heterocycles. The first kappa shape index (κ1) is 15.1. The summed E-state index contributed by atoms with van der Waals surface area (Å²) in [7, 11) is 3.18. The molecule has 0 radical (unpaired) electrons. The SMILES string of the molecule is COc1cc(C(C)(C)N)c(C(C)C)c(Cl)c1OC. The highest BCUT2D eigenvalue weighted by molar-refractivity contribution is 6.33. The van der Waals surface area contributed by atoms with Gasteiger partial charge in [-0.15, -0.1) is 0 Å². The summed E-state index contributed by atoms with van der Waals surface area (Å²) in [6.45, 7) is 8.08. The van der Waals surface area contributed by atoms with Gasteiger partial charge in [0.2, 0.25) is 0 Å². The van der Waals surface area contributed by atoms with E-state index >= 15 is 0 Å². The topological polar surface area (TPSA) is 44.5 Å². The lowest BCUT2D eigenvalue weighted by atomic mass is 9.85. The minimum atomic E-state index is -0.483. The van der Waals surface area contributed by atoms with E-state index in [4.69, 9.17) is 26.8 Å². The number of hydrogen-bond donors (Lipinski definition) is 1. The van der Waals surface area contributed by atoms with Crippen LogP contribution in [-0.4, -0.2) is 14.2 Å². The molecule has 0 aliphatic rings. The fourth-order valence-corrected chi connectivity index (χ4v) is 2.55. The van der Waals surface area contributed by atoms with Gasteiger partial charge >= 0.3 is 0 Å². The molecule has 18 heavy (non-hydrogen) atoms. The maximum absolute atomic E-state index is 6.44. The summed E-state index contributed by atoms with van der Waals surface area (Å²) >= 11 is 6.44. The van der Waals surface area contributed by atoms with Crippen molar-refractivity contribution in [3.05, 3.63) is 22.2 Å². The normalized spacial score (nSPS) is 11.8. The number of ether oxygens (including phenoxy) is 2. The lowest BCUT2D eigenvalue weighted by molar-refractivity contribution is 0.352. The first-order valence-electron chi connectivity index (χ1n) is 5.97. The fraction of sp³-hybridized carbons (Fsp3) is 0.571. The van der Waals surface area contributed by atoms with Gasteiger partial charge in [-0.25, -0.2) is 0 Å². The third-order valence-corrected chi connectivity index (χ3v) is 3.30. The second-order valence-electron chi connectivity index (χ2n) is 5.26. The Morgan fingerprint density at radius 1 is 1.22 bits per heavy atom. The monoisotopic (exact) mass is 271 g/mol. The van der Waals surface area contributed by atoms with Crippen LogP contribution in [0.15, 0.2) is 6.07 Å². The summed E-state index contributed by atoms with van der Waals surface area (Å²) in [5.41, 5.74) is 7.74. The first-order valence-corrected chi connectivity index (χ1v) is 6.35. The Hall–Kier alpha value is -0.930. The van der Waals surface area contributed by atoms with E-state index in [0.717, 1.165) is 11.1 Å². The highest BCUT2D eigenvalue weighted by Crippen LogP contribution is 2.44. The van der Waals surface area contributed by atoms with Gasteiger partial charge in [0.15, 0.2) is 11.5 Å². The second-order valence-corrected chi connectivity index (χ2v) is 5.64. The standard InChI is InChI=1S/C14H22ClNO2/c1-8(2)11-9(14(3,4)16)7-10(17-5)13(18-6)12(11)15/h7-8H,16H2,1-6H3. The molecule has 0 bridgehead atoms. The molecule has 0 heterocycles. The minimum Gasteiger partial charge on any atom is -0.493 e. The van der Waals surface area contributed by atoms with Crippen LogP contribution in [0.3, 0.4) is 0 Å². The summed E-state index contributed by atoms with van der Waals surface area (Å²) in [5.74, 6) is 1.44. The van der Waals surface area contributed by atoms with Crippen molar-refractivity contribution < 1.29 is 9.47 Å². The zero-order valence-electron chi connectivity index (χ0n) is 11.9. The van der Waals surface area contributed by atoms with Crippen molar-refractivity contribution in [2.75, 3.05) is 14.2 Å². The molecule has 0 aliphatic carbocycles. The van der Waals surface area contributed by atoms with E-state index in [2.05, 4.69) is 13.8 Å². The van der Waals surface area contributed by atoms with E-state index in [0.29, 0.717) is 16.5 Å². The van der Waals surface area contributed by atoms with E-state index < -0.39 is 5.54 Å². The molecule has 0 unspecified atom stereocenters. The molecular formula is C14H22ClNO2. The molecule has 0 saturated heterocycles. The van der Waals surface area contributed by atoms with Crippen LogP contribution in [0.25, 0.3) is 0 Å². The molecule has 4 heteroatoms. The molecule has 1 aromatic carbocycles. The van der Waals surface area contributed by atoms with Gasteiger partial charge in [-0.2, -0.15) is 0 Å². The average Bonchev–Trinajstić information content (AvgIpc) is 2.25. The minimum absolute atomic E-state index is 0.259. The smallest absolute Gasteiger partial charge is 0.179 e. The lowest BCUT2D eigenvalue weighted by Crippen LogP contribution is -2.30. The molecule has 0 fully saturated rings. The Morgan fingerprint density at radius 2 is 1.78 bits per heavy atom. The van der Waals surface area contributed by atoms with Gasteiger partial charge in [0.05, 0.1) is 19.2 Å². The summed E-state index contributed by atoms with van der Waals surface area (Å²) < 4.78 is 10.7. The Morgan fingerprint density at radius 3 is 2.11 bits per heavy atom. The van der Waals surface area contributed by atoms with Gasteiger partial charge in [0.25, 0.3) is 0 Å². The van der Waals surface area contributed by atoms with Gasteiger partial charge in [0, 0.05) is 5.54 Å². The molecule has 0 amide bonds. The third-order valence-electron chi connectivity index (χ3n) is 2.92. The Bertz CT molecular complexity index is 436. The Labute approximate surface area is 114 Å². The summed E-state index contributed by atoms with van der Waals surface area (Å²) in [4.78, 5) is 0. The van der Waals surface area contributed by atoms with Crippen LogP contribution in [0.1, 0.15) is 44.7 Å². The van der Waals surface area contributed by atoms with Crippen molar-refractivity contribution in [2.24, 2.45) is 5.73 Å². The molecule has 1 rings (SSSR count). The lowest BCUT2D eigenvalue weighted by Gasteiger charge is -2.27. The van der Waals surface area contributed by atoms with Crippen LogP contribution in [0.4, 0.5) is 0 Å². The molecule has 102 valence electrons. The van der Waals surface area contributed by atoms with Crippen LogP contribution in [0.2, 0.25) is 5.02 Å². The van der Waals surface area contributed by atoms with E-state index in [1.807, 2.05) is 19.9 Å². The van der Waals surface area contributed by atoms with Crippen LogP contribution in [-0.2, 0) is 5.54 Å². The van der Waals surface area contributed by atoms with Gasteiger partial charge in [0.1, 0.15) is 0 Å². The van der Waals surface area contributed by atoms with Crippen molar-refractivity contribution in [3.63, 3.8) is 0 Å². The molecule has 3 nitrogen and oxygen atoms in total. The average molecular weight is 272 g/mol. The van der Waals surface area contributed by atoms with Crippen molar-refractivity contribution >= 4 is 11.6 Å². The molecule has 2 N–H and O–H groups in total. The maximum Gasteiger partial charge on any atom is 0.179 e. The van der Waals surface area contributed by atoms with Crippen LogP contribution < -0.4 is 15.2 Å². The summed E-state index contributed by atoms with van der Waals surface area (Å²) in [5, 5.41) is 0.584. The predicted molar refractivity (Wildman–Crippen MR) is 75.9 cm³/mol. The number of benzene rings is 1. The van der Waals surface area contributed by atoms with Crippen molar-refractivity contribution in [1.82, 2.24) is 0 Å². The molecule has 0 atom stereocenters. The fourth-order valence-electron chi connectivity index (χ4n) is 2.06. The maximum atomic E-state index is 6.44. The van der Waals surface area contributed by atoms with E-state index in [9.17, 15) is 0 Å². The number of rotatable bonds is 4. The van der Waals surface area contributed by atoms with Crippen molar-refractivity contribution in [2.45, 2.75) is 39.2 Å². The highest BCUT2D eigenvalue weighted by Gasteiger charge is 2.26. The van der Waals surface area contributed by atoms with Gasteiger partial charge < -0.3 is 15.2 Å². The third kappa shape index (κ3) is 2.73. The zero-order chi connectivity index (χ0) is 14.1. The number of hydrogen-bond acceptors (Lipinski definition) is 3. The number of methoxy groups -OCH3 is 2. The predicted octanol–water partition coefficient (Wildman–Crippen LogP) is 3.67. The van der Waals surface area contributed by atoms with Gasteiger partial charge in [-0.3, -0.25) is 0 Å². The summed E-state index contributed by atoms with van der Waals surface area (Å²) in [6, 6.07) is 1.92. The van der Waals surface area contributed by atoms with Crippen LogP contribution in [0.5, 0.6) is 11.5 Å². The highest BCUT2D eigenvalue weighted by atomic mass is 35.5. The van der Waals surface area contributed by atoms with Crippen molar-refractivity contribution in [1.29, 1.82) is 0 Å². The molecule has 0 aromatic heterocycles. The Balaban J connectivity index is 3.66. The second kappa shape index (κ2) is 5.37. The van der Waals surface area contributed by atoms with Gasteiger partial charge in [-0.1, -0.05) is 25.4 Å². The number of nitrogens with two attached hydrogens (primary N) is 1. The Kier molecular flexibility index (Phi) is 4.51. The van der Waals surface area contributed by atoms with Crippen LogP contribution in [0, 0.1) is 0 Å². The van der Waals surface area contributed by atoms with E-state index in [-0.39, 0.29) is 5.92 Å². The quantitative estimate of drug-likeness (QED) is 0.909. The first-order chi connectivity index (χ1) is 8.23. The number of halogens is 1. The van der Waals surface area contributed by atoms with Crippen molar-refractivity contribution in [3.8, 4) is 11.5 Å². The molecular weight excluding hydrogens is 250 g/mol. The largest absolute Gasteiger partial charge is 0.493 e. The van der Waals surface area contributed by atoms with Gasteiger partial charge in [-0.05, 0) is 37.0 Å². The van der Waals surface area contributed by atoms with E-state index in [1.54, 1.807) is 14.2 Å². The molecule has 0 spiro atoms. The molecule has 1 aromatic rings. The van der Waals surface area contributed by atoms with E-state index in [1.165, 1.54) is 0 Å².